The molecule has 2 aromatic rings. The first-order chi connectivity index (χ1) is 11.3. The molecular weight excluding hydrogens is 312 g/mol. The van der Waals surface area contributed by atoms with Crippen LogP contribution in [0, 0.1) is 11.3 Å². The Morgan fingerprint density at radius 3 is 2.61 bits per heavy atom. The lowest BCUT2D eigenvalue weighted by Crippen LogP contribution is -2.06. The lowest BCUT2D eigenvalue weighted by molar-refractivity contribution is 0.140. The number of unbranched alkanes of at least 4 members (excludes halogenated alkanes) is 3. The molecule has 0 aliphatic heterocycles. The molecule has 1 aromatic carbocycles. The first-order valence-electron chi connectivity index (χ1n) is 7.41. The predicted octanol–water partition coefficient (Wildman–Crippen LogP) is 3.98. The van der Waals surface area contributed by atoms with Crippen LogP contribution in [0.1, 0.15) is 36.8 Å². The van der Waals surface area contributed by atoms with Gasteiger partial charge in [-0.3, -0.25) is 0 Å². The second kappa shape index (κ2) is 9.54. The zero-order valence-electron chi connectivity index (χ0n) is 12.7. The third kappa shape index (κ3) is 5.68. The summed E-state index contributed by atoms with van der Waals surface area (Å²) in [5.41, 5.74) is 2.41. The molecule has 0 saturated carbocycles. The summed E-state index contributed by atoms with van der Waals surface area (Å²) in [6.07, 6.45) is 6.56. The Kier molecular flexibility index (Phi) is 7.02. The summed E-state index contributed by atoms with van der Waals surface area (Å²) < 4.78 is 0. The maximum absolute atomic E-state index is 8.49. The van der Waals surface area contributed by atoms with Gasteiger partial charge in [0.05, 0.1) is 18.5 Å². The van der Waals surface area contributed by atoms with E-state index >= 15 is 0 Å². The van der Waals surface area contributed by atoms with Crippen molar-refractivity contribution in [1.82, 2.24) is 10.2 Å². The first kappa shape index (κ1) is 16.9. The smallest absolute Gasteiger partial charge is 0.118 e. The highest BCUT2D eigenvalue weighted by atomic mass is 35.5. The molecule has 0 fully saturated rings. The van der Waals surface area contributed by atoms with Gasteiger partial charge in [0.25, 0.3) is 0 Å². The number of nitriles is 1. The fraction of sp³-hybridized carbons (Fsp3) is 0.294. The van der Waals surface area contributed by atoms with Gasteiger partial charge in [-0.25, -0.2) is 0 Å². The van der Waals surface area contributed by atoms with Crippen molar-refractivity contribution >= 4 is 17.3 Å². The van der Waals surface area contributed by atoms with E-state index in [4.69, 9.17) is 21.7 Å². The molecule has 1 aromatic heterocycles. The SMILES string of the molecule is N#CCCCCCO/N=C(/c1ccc(Cl)cc1)c1ccnnc1. The van der Waals surface area contributed by atoms with Crippen molar-refractivity contribution in [3.63, 3.8) is 0 Å². The highest BCUT2D eigenvalue weighted by Crippen LogP contribution is 2.14. The molecule has 118 valence electrons. The third-order valence-corrected chi connectivity index (χ3v) is 3.41. The predicted molar refractivity (Wildman–Crippen MR) is 89.2 cm³/mol. The molecule has 2 rings (SSSR count). The molecule has 0 saturated heterocycles. The number of nitrogens with zero attached hydrogens (tertiary/aromatic N) is 4. The molecule has 0 unspecified atom stereocenters. The molecule has 5 nitrogen and oxygen atoms in total. The summed E-state index contributed by atoms with van der Waals surface area (Å²) in [5.74, 6) is 0. The first-order valence-corrected chi connectivity index (χ1v) is 7.79. The van der Waals surface area contributed by atoms with Crippen molar-refractivity contribution in [2.45, 2.75) is 25.7 Å². The maximum atomic E-state index is 8.49. The molecule has 0 spiro atoms. The highest BCUT2D eigenvalue weighted by Gasteiger charge is 2.08. The molecule has 0 aliphatic rings. The van der Waals surface area contributed by atoms with Gasteiger partial charge in [0.2, 0.25) is 0 Å². The van der Waals surface area contributed by atoms with Crippen LogP contribution >= 0.6 is 11.6 Å². The van der Waals surface area contributed by atoms with E-state index in [0.29, 0.717) is 23.8 Å². The Morgan fingerprint density at radius 1 is 1.09 bits per heavy atom. The van der Waals surface area contributed by atoms with E-state index in [0.717, 1.165) is 30.4 Å². The van der Waals surface area contributed by atoms with Crippen LogP contribution in [-0.2, 0) is 4.84 Å². The van der Waals surface area contributed by atoms with Crippen LogP contribution in [0.2, 0.25) is 5.02 Å². The van der Waals surface area contributed by atoms with Crippen molar-refractivity contribution in [1.29, 1.82) is 5.26 Å². The molecule has 1 heterocycles. The Bertz CT molecular complexity index is 665. The van der Waals surface area contributed by atoms with Gasteiger partial charge < -0.3 is 4.84 Å². The van der Waals surface area contributed by atoms with E-state index in [1.807, 2.05) is 30.3 Å². The van der Waals surface area contributed by atoms with E-state index in [9.17, 15) is 0 Å². The minimum Gasteiger partial charge on any atom is -0.395 e. The molecule has 0 atom stereocenters. The average molecular weight is 329 g/mol. The minimum absolute atomic E-state index is 0.515. The fourth-order valence-electron chi connectivity index (χ4n) is 1.97. The van der Waals surface area contributed by atoms with Crippen LogP contribution in [0.4, 0.5) is 0 Å². The summed E-state index contributed by atoms with van der Waals surface area (Å²) >= 11 is 5.93. The standard InChI is InChI=1S/C17H17ClN4O/c18-16-7-5-14(6-8-16)17(15-9-11-20-21-13-15)22-23-12-4-2-1-3-10-19/h5-9,11,13H,1-4,12H2/b22-17-. The Hall–Kier alpha value is -2.45. The summed E-state index contributed by atoms with van der Waals surface area (Å²) in [7, 11) is 0. The van der Waals surface area contributed by atoms with Gasteiger partial charge >= 0.3 is 0 Å². The van der Waals surface area contributed by atoms with Crippen LogP contribution in [-0.4, -0.2) is 22.5 Å². The van der Waals surface area contributed by atoms with Gasteiger partial charge in [0.15, 0.2) is 0 Å². The van der Waals surface area contributed by atoms with Crippen LogP contribution in [0.25, 0.3) is 0 Å². The molecule has 23 heavy (non-hydrogen) atoms. The molecule has 0 radical (unpaired) electrons. The lowest BCUT2D eigenvalue weighted by atomic mass is 10.1. The van der Waals surface area contributed by atoms with E-state index in [2.05, 4.69) is 21.4 Å². The number of oxime groups is 1. The van der Waals surface area contributed by atoms with Crippen LogP contribution in [0.15, 0.2) is 47.9 Å². The van der Waals surface area contributed by atoms with E-state index in [-0.39, 0.29) is 0 Å². The second-order valence-electron chi connectivity index (χ2n) is 4.88. The molecular formula is C17H17ClN4O. The van der Waals surface area contributed by atoms with Gasteiger partial charge in [-0.15, -0.1) is 0 Å². The lowest BCUT2D eigenvalue weighted by Gasteiger charge is -2.07. The molecule has 0 bridgehead atoms. The van der Waals surface area contributed by atoms with Crippen molar-refractivity contribution in [3.8, 4) is 6.07 Å². The van der Waals surface area contributed by atoms with Crippen molar-refractivity contribution in [2.75, 3.05) is 6.61 Å². The largest absolute Gasteiger partial charge is 0.395 e. The minimum atomic E-state index is 0.515. The van der Waals surface area contributed by atoms with Crippen molar-refractivity contribution < 1.29 is 4.84 Å². The summed E-state index contributed by atoms with van der Waals surface area (Å²) in [6, 6.07) is 11.4. The van der Waals surface area contributed by atoms with Gasteiger partial charge in [0, 0.05) is 22.6 Å². The number of halogens is 1. The summed E-state index contributed by atoms with van der Waals surface area (Å²) in [6.45, 7) is 0.515. The van der Waals surface area contributed by atoms with Gasteiger partial charge in [-0.1, -0.05) is 28.9 Å². The monoisotopic (exact) mass is 328 g/mol. The third-order valence-electron chi connectivity index (χ3n) is 3.16. The summed E-state index contributed by atoms with van der Waals surface area (Å²) in [4.78, 5) is 5.44. The molecule has 0 aliphatic carbocycles. The van der Waals surface area contributed by atoms with Crippen LogP contribution in [0.3, 0.4) is 0 Å². The quantitative estimate of drug-likeness (QED) is 0.417. The number of hydrogen-bond acceptors (Lipinski definition) is 5. The summed E-state index contributed by atoms with van der Waals surface area (Å²) in [5, 5.41) is 21.1. The van der Waals surface area contributed by atoms with Crippen LogP contribution < -0.4 is 0 Å². The number of hydrogen-bond donors (Lipinski definition) is 0. The van der Waals surface area contributed by atoms with E-state index in [1.54, 1.807) is 12.4 Å². The zero-order chi connectivity index (χ0) is 16.3. The molecule has 0 amide bonds. The molecule has 0 N–H and O–H groups in total. The van der Waals surface area contributed by atoms with Crippen molar-refractivity contribution in [3.05, 3.63) is 58.9 Å². The normalized spacial score (nSPS) is 11.0. The van der Waals surface area contributed by atoms with Crippen LogP contribution in [0.5, 0.6) is 0 Å². The Morgan fingerprint density at radius 2 is 1.91 bits per heavy atom. The van der Waals surface area contributed by atoms with Crippen molar-refractivity contribution in [2.24, 2.45) is 5.16 Å². The number of benzene rings is 1. The number of aromatic nitrogens is 2. The van der Waals surface area contributed by atoms with Gasteiger partial charge in [-0.2, -0.15) is 15.5 Å². The fourth-order valence-corrected chi connectivity index (χ4v) is 2.09. The number of rotatable bonds is 8. The Labute approximate surface area is 140 Å². The maximum Gasteiger partial charge on any atom is 0.118 e. The Balaban J connectivity index is 2.04. The highest BCUT2D eigenvalue weighted by molar-refractivity contribution is 6.30. The average Bonchev–Trinajstić information content (AvgIpc) is 2.59. The molecule has 6 heteroatoms. The topological polar surface area (TPSA) is 71.2 Å². The van der Waals surface area contributed by atoms with Gasteiger partial charge in [-0.05, 0) is 37.5 Å². The zero-order valence-corrected chi connectivity index (χ0v) is 13.4. The van der Waals surface area contributed by atoms with E-state index < -0.39 is 0 Å². The second-order valence-corrected chi connectivity index (χ2v) is 5.32. The van der Waals surface area contributed by atoms with Gasteiger partial charge in [0.1, 0.15) is 12.3 Å². The van der Waals surface area contributed by atoms with E-state index in [1.165, 1.54) is 0 Å².